The van der Waals surface area contributed by atoms with E-state index in [2.05, 4.69) is 12.9 Å². The van der Waals surface area contributed by atoms with Gasteiger partial charge in [-0.15, -0.1) is 0 Å². The third-order valence-electron chi connectivity index (χ3n) is 3.39. The van der Waals surface area contributed by atoms with Crippen LogP contribution in [0.3, 0.4) is 0 Å². The molecular formula is C18H30BNO4. The standard InChI is InChI=1S/C18H30BNO4/c1-18(2,3)24-17(21)20(7-8-22-5)13-15-9-14(12-19-4)10-16(11-15)23-6/h9-11,19H,7-8,12-13H2,1-6H3. The molecule has 0 heterocycles. The maximum absolute atomic E-state index is 12.5. The van der Waals surface area contributed by atoms with Gasteiger partial charge in [-0.05, 0) is 38.5 Å². The smallest absolute Gasteiger partial charge is 0.410 e. The van der Waals surface area contributed by atoms with Crippen LogP contribution in [0.15, 0.2) is 18.2 Å². The first-order chi connectivity index (χ1) is 11.3. The lowest BCUT2D eigenvalue weighted by Gasteiger charge is -2.27. The predicted molar refractivity (Wildman–Crippen MR) is 98.2 cm³/mol. The Morgan fingerprint density at radius 1 is 1.17 bits per heavy atom. The molecule has 0 fully saturated rings. The van der Waals surface area contributed by atoms with Crippen LogP contribution in [0.25, 0.3) is 0 Å². The Morgan fingerprint density at radius 2 is 1.83 bits per heavy atom. The van der Waals surface area contributed by atoms with Crippen LogP contribution in [-0.2, 0) is 22.3 Å². The predicted octanol–water partition coefficient (Wildman–Crippen LogP) is 3.06. The SMILES string of the molecule is CBCc1cc(CN(CCOC)C(=O)OC(C)(C)C)cc(OC)c1. The molecule has 0 aliphatic heterocycles. The van der Waals surface area contributed by atoms with Gasteiger partial charge < -0.3 is 19.1 Å². The van der Waals surface area contributed by atoms with Gasteiger partial charge in [0, 0.05) is 20.2 Å². The quantitative estimate of drug-likeness (QED) is 0.685. The molecule has 134 valence electrons. The summed E-state index contributed by atoms with van der Waals surface area (Å²) in [5.41, 5.74) is 1.71. The molecule has 6 heteroatoms. The number of amides is 1. The molecule has 0 N–H and O–H groups in total. The minimum absolute atomic E-state index is 0.334. The van der Waals surface area contributed by atoms with Crippen molar-refractivity contribution >= 4 is 13.4 Å². The van der Waals surface area contributed by atoms with E-state index in [0.717, 1.165) is 24.9 Å². The Morgan fingerprint density at radius 3 is 2.38 bits per heavy atom. The van der Waals surface area contributed by atoms with Crippen LogP contribution in [0.4, 0.5) is 4.79 Å². The molecule has 1 amide bonds. The van der Waals surface area contributed by atoms with Gasteiger partial charge in [0.2, 0.25) is 0 Å². The number of ether oxygens (including phenoxy) is 3. The summed E-state index contributed by atoms with van der Waals surface area (Å²) in [6, 6.07) is 6.12. The molecule has 24 heavy (non-hydrogen) atoms. The first-order valence-corrected chi connectivity index (χ1v) is 8.42. The summed E-state index contributed by atoms with van der Waals surface area (Å²) in [7, 11) is 4.34. The van der Waals surface area contributed by atoms with Crippen molar-refractivity contribution in [1.82, 2.24) is 4.90 Å². The highest BCUT2D eigenvalue weighted by atomic mass is 16.6. The molecule has 0 bridgehead atoms. The highest BCUT2D eigenvalue weighted by Gasteiger charge is 2.22. The second-order valence-corrected chi connectivity index (χ2v) is 6.83. The molecule has 1 aromatic carbocycles. The van der Waals surface area contributed by atoms with Gasteiger partial charge >= 0.3 is 6.09 Å². The van der Waals surface area contributed by atoms with Gasteiger partial charge in [-0.25, -0.2) is 4.79 Å². The zero-order valence-corrected chi connectivity index (χ0v) is 15.8. The van der Waals surface area contributed by atoms with Crippen LogP contribution < -0.4 is 4.74 Å². The molecule has 5 nitrogen and oxygen atoms in total. The molecule has 0 spiro atoms. The van der Waals surface area contributed by atoms with Crippen molar-refractivity contribution in [2.24, 2.45) is 0 Å². The zero-order valence-electron chi connectivity index (χ0n) is 15.8. The van der Waals surface area contributed by atoms with Gasteiger partial charge in [-0.3, -0.25) is 0 Å². The Bertz CT molecular complexity index is 528. The molecule has 1 aromatic rings. The van der Waals surface area contributed by atoms with Crippen LogP contribution in [0.2, 0.25) is 6.82 Å². The van der Waals surface area contributed by atoms with E-state index in [1.807, 2.05) is 32.9 Å². The maximum atomic E-state index is 12.5. The monoisotopic (exact) mass is 335 g/mol. The fraction of sp³-hybridized carbons (Fsp3) is 0.611. The fourth-order valence-electron chi connectivity index (χ4n) is 2.35. The van der Waals surface area contributed by atoms with E-state index < -0.39 is 5.60 Å². The summed E-state index contributed by atoms with van der Waals surface area (Å²) in [6.45, 7) is 9.15. The molecule has 1 rings (SSSR count). The van der Waals surface area contributed by atoms with Gasteiger partial charge in [0.1, 0.15) is 18.6 Å². The molecule has 0 unspecified atom stereocenters. The Kier molecular flexibility index (Phi) is 8.12. The first-order valence-electron chi connectivity index (χ1n) is 8.42. The molecule has 0 atom stereocenters. The van der Waals surface area contributed by atoms with Crippen molar-refractivity contribution in [3.8, 4) is 5.75 Å². The average Bonchev–Trinajstić information content (AvgIpc) is 2.49. The minimum Gasteiger partial charge on any atom is -0.497 e. The summed E-state index contributed by atoms with van der Waals surface area (Å²) in [4.78, 5) is 14.1. The number of rotatable bonds is 8. The zero-order chi connectivity index (χ0) is 18.2. The third-order valence-corrected chi connectivity index (χ3v) is 3.39. The lowest BCUT2D eigenvalue weighted by molar-refractivity contribution is 0.0183. The lowest BCUT2D eigenvalue weighted by Crippen LogP contribution is -2.38. The number of hydrogen-bond acceptors (Lipinski definition) is 4. The minimum atomic E-state index is -0.524. The van der Waals surface area contributed by atoms with Crippen LogP contribution in [0.5, 0.6) is 5.75 Å². The van der Waals surface area contributed by atoms with Crippen molar-refractivity contribution < 1.29 is 19.0 Å². The molecule has 0 aliphatic carbocycles. The van der Waals surface area contributed by atoms with Crippen LogP contribution in [-0.4, -0.2) is 51.2 Å². The number of methoxy groups -OCH3 is 2. The Hall–Kier alpha value is -1.69. The number of nitrogens with zero attached hydrogens (tertiary/aromatic N) is 1. The van der Waals surface area contributed by atoms with Gasteiger partial charge in [-0.1, -0.05) is 24.8 Å². The number of hydrogen-bond donors (Lipinski definition) is 0. The molecule has 0 saturated carbocycles. The normalized spacial score (nSPS) is 11.1. The second-order valence-electron chi connectivity index (χ2n) is 6.83. The molecular weight excluding hydrogens is 305 g/mol. The van der Waals surface area contributed by atoms with Crippen molar-refractivity contribution in [3.05, 3.63) is 29.3 Å². The van der Waals surface area contributed by atoms with Crippen LogP contribution in [0, 0.1) is 0 Å². The summed E-state index contributed by atoms with van der Waals surface area (Å²) in [5.74, 6) is 0.812. The van der Waals surface area contributed by atoms with Gasteiger partial charge in [0.25, 0.3) is 0 Å². The topological polar surface area (TPSA) is 48.0 Å². The largest absolute Gasteiger partial charge is 0.497 e. The average molecular weight is 335 g/mol. The van der Waals surface area contributed by atoms with Gasteiger partial charge in [0.15, 0.2) is 0 Å². The molecule has 0 aliphatic rings. The Balaban J connectivity index is 2.96. The van der Waals surface area contributed by atoms with E-state index in [9.17, 15) is 4.79 Å². The summed E-state index contributed by atoms with van der Waals surface area (Å²) >= 11 is 0. The second kappa shape index (κ2) is 9.57. The van der Waals surface area contributed by atoms with Gasteiger partial charge in [0.05, 0.1) is 13.7 Å². The highest BCUT2D eigenvalue weighted by molar-refractivity contribution is 6.32. The van der Waals surface area contributed by atoms with E-state index in [-0.39, 0.29) is 6.09 Å². The lowest BCUT2D eigenvalue weighted by atomic mass is 9.75. The third kappa shape index (κ3) is 7.26. The summed E-state index contributed by atoms with van der Waals surface area (Å²) in [6.07, 6.45) is 0.647. The number of benzene rings is 1. The number of carbonyl (C=O) groups excluding carboxylic acids is 1. The van der Waals surface area contributed by atoms with Crippen molar-refractivity contribution in [2.45, 2.75) is 46.1 Å². The molecule has 0 saturated heterocycles. The van der Waals surface area contributed by atoms with E-state index in [4.69, 9.17) is 14.2 Å². The van der Waals surface area contributed by atoms with E-state index >= 15 is 0 Å². The molecule has 0 aromatic heterocycles. The number of carbonyl (C=O) groups is 1. The van der Waals surface area contributed by atoms with E-state index in [1.165, 1.54) is 5.56 Å². The van der Waals surface area contributed by atoms with E-state index in [0.29, 0.717) is 19.7 Å². The Labute approximate surface area is 146 Å². The maximum Gasteiger partial charge on any atom is 0.410 e. The van der Waals surface area contributed by atoms with Crippen molar-refractivity contribution in [3.63, 3.8) is 0 Å². The van der Waals surface area contributed by atoms with E-state index in [1.54, 1.807) is 19.1 Å². The van der Waals surface area contributed by atoms with Crippen molar-refractivity contribution in [2.75, 3.05) is 27.4 Å². The van der Waals surface area contributed by atoms with Gasteiger partial charge in [-0.2, -0.15) is 0 Å². The summed E-state index contributed by atoms with van der Waals surface area (Å²) in [5, 5.41) is 0. The summed E-state index contributed by atoms with van der Waals surface area (Å²) < 4.78 is 16.0. The first kappa shape index (κ1) is 20.4. The van der Waals surface area contributed by atoms with Crippen LogP contribution >= 0.6 is 0 Å². The highest BCUT2D eigenvalue weighted by Crippen LogP contribution is 2.20. The molecule has 0 radical (unpaired) electrons. The fourth-order valence-corrected chi connectivity index (χ4v) is 2.35. The van der Waals surface area contributed by atoms with Crippen molar-refractivity contribution in [1.29, 1.82) is 0 Å². The van der Waals surface area contributed by atoms with Crippen LogP contribution in [0.1, 0.15) is 31.9 Å².